The molecule has 0 aromatic heterocycles. The monoisotopic (exact) mass is 268 g/mol. The third-order valence-corrected chi connectivity index (χ3v) is 2.53. The molecule has 0 aromatic rings. The molecule has 0 saturated carbocycles. The number of allylic oxidation sites excluding steroid dienone is 1. The van der Waals surface area contributed by atoms with Crippen molar-refractivity contribution in [1.82, 2.24) is 0 Å². The lowest BCUT2D eigenvalue weighted by atomic mass is 10.1. The van der Waals surface area contributed by atoms with Crippen LogP contribution in [0.5, 0.6) is 0 Å². The van der Waals surface area contributed by atoms with Gasteiger partial charge in [0.2, 0.25) is 0 Å². The number of methoxy groups -OCH3 is 1. The van der Waals surface area contributed by atoms with Crippen LogP contribution in [0.25, 0.3) is 0 Å². The maximum absolute atomic E-state index is 13.0. The minimum atomic E-state index is -3.63. The van der Waals surface area contributed by atoms with Gasteiger partial charge < -0.3 is 4.74 Å². The number of hydrogen-bond donors (Lipinski definition) is 0. The predicted molar refractivity (Wildman–Crippen MR) is 60.4 cm³/mol. The van der Waals surface area contributed by atoms with Crippen molar-refractivity contribution in [1.29, 1.82) is 0 Å². The smallest absolute Gasteiger partial charge is 0.308 e. The van der Waals surface area contributed by atoms with E-state index in [-0.39, 0.29) is 11.9 Å². The van der Waals surface area contributed by atoms with E-state index in [1.54, 1.807) is 6.92 Å². The lowest BCUT2D eigenvalue weighted by molar-refractivity contribution is -0.145. The van der Waals surface area contributed by atoms with Crippen LogP contribution < -0.4 is 0 Å². The van der Waals surface area contributed by atoms with Crippen molar-refractivity contribution in [3.63, 3.8) is 0 Å². The van der Waals surface area contributed by atoms with E-state index in [4.69, 9.17) is 0 Å². The molecule has 1 unspecified atom stereocenters. The quantitative estimate of drug-likeness (QED) is 0.515. The maximum atomic E-state index is 13.0. The molecule has 5 nitrogen and oxygen atoms in total. The molecule has 0 rings (SSSR count). The highest BCUT2D eigenvalue weighted by atomic mass is 32.2. The number of rotatable bonds is 7. The molecular formula is C10H17FO5S. The molecule has 0 bridgehead atoms. The van der Waals surface area contributed by atoms with Crippen molar-refractivity contribution in [3.05, 3.63) is 11.9 Å². The lowest BCUT2D eigenvalue weighted by Crippen LogP contribution is -2.12. The fraction of sp³-hybridized carbons (Fsp3) is 0.700. The third-order valence-electron chi connectivity index (χ3n) is 1.98. The molecule has 0 radical (unpaired) electrons. The summed E-state index contributed by atoms with van der Waals surface area (Å²) in [6, 6.07) is 0. The van der Waals surface area contributed by atoms with Gasteiger partial charge in [-0.1, -0.05) is 13.0 Å². The van der Waals surface area contributed by atoms with Gasteiger partial charge in [-0.15, -0.1) is 0 Å². The molecule has 0 spiro atoms. The van der Waals surface area contributed by atoms with Crippen LogP contribution >= 0.6 is 0 Å². The second-order valence-corrected chi connectivity index (χ2v) is 5.26. The molecule has 7 heteroatoms. The Morgan fingerprint density at radius 1 is 1.47 bits per heavy atom. The van der Waals surface area contributed by atoms with Gasteiger partial charge in [0.05, 0.1) is 19.3 Å². The first-order valence-electron chi connectivity index (χ1n) is 5.03. The zero-order chi connectivity index (χ0) is 13.5. The number of halogens is 1. The van der Waals surface area contributed by atoms with Crippen molar-refractivity contribution >= 4 is 16.1 Å². The Morgan fingerprint density at radius 2 is 2.06 bits per heavy atom. The summed E-state index contributed by atoms with van der Waals surface area (Å²) in [7, 11) is -2.35. The van der Waals surface area contributed by atoms with Crippen molar-refractivity contribution in [2.24, 2.45) is 5.92 Å². The van der Waals surface area contributed by atoms with Crippen LogP contribution in [-0.2, 0) is 23.8 Å². The number of esters is 1. The first kappa shape index (κ1) is 16.1. The molecule has 0 heterocycles. The summed E-state index contributed by atoms with van der Waals surface area (Å²) in [5.74, 6) is -1.35. The predicted octanol–water partition coefficient (Wildman–Crippen LogP) is 1.41. The summed E-state index contributed by atoms with van der Waals surface area (Å²) in [4.78, 5) is 11.0. The number of ether oxygens (including phenoxy) is 1. The molecule has 0 aliphatic carbocycles. The van der Waals surface area contributed by atoms with Gasteiger partial charge in [-0.05, 0) is 12.8 Å². The van der Waals surface area contributed by atoms with Crippen LogP contribution in [-0.4, -0.2) is 34.4 Å². The Kier molecular flexibility index (Phi) is 6.98. The third kappa shape index (κ3) is 8.82. The van der Waals surface area contributed by atoms with Gasteiger partial charge in [0.25, 0.3) is 10.1 Å². The Bertz CT molecular complexity index is 374. The molecule has 0 saturated heterocycles. The number of hydrogen-bond acceptors (Lipinski definition) is 5. The SMILES string of the molecule is COC(=O)C(C)CC/C=C(/F)COS(C)(=O)=O. The van der Waals surface area contributed by atoms with Crippen LogP contribution in [0, 0.1) is 5.92 Å². The van der Waals surface area contributed by atoms with Crippen LogP contribution in [0.3, 0.4) is 0 Å². The van der Waals surface area contributed by atoms with Gasteiger partial charge in [0, 0.05) is 0 Å². The van der Waals surface area contributed by atoms with Gasteiger partial charge >= 0.3 is 5.97 Å². The summed E-state index contributed by atoms with van der Waals surface area (Å²) in [6.45, 7) is 1.07. The summed E-state index contributed by atoms with van der Waals surface area (Å²) in [5.41, 5.74) is 0. The first-order valence-corrected chi connectivity index (χ1v) is 6.84. The normalized spacial score (nSPS) is 14.5. The summed E-state index contributed by atoms with van der Waals surface area (Å²) < 4.78 is 42.9. The maximum Gasteiger partial charge on any atom is 0.308 e. The van der Waals surface area contributed by atoms with E-state index in [0.717, 1.165) is 6.26 Å². The fourth-order valence-corrected chi connectivity index (χ4v) is 1.36. The van der Waals surface area contributed by atoms with E-state index >= 15 is 0 Å². The van der Waals surface area contributed by atoms with E-state index in [1.165, 1.54) is 13.2 Å². The summed E-state index contributed by atoms with van der Waals surface area (Å²) in [6.07, 6.45) is 2.79. The van der Waals surface area contributed by atoms with Crippen LogP contribution in [0.4, 0.5) is 4.39 Å². The fourth-order valence-electron chi connectivity index (χ4n) is 1.03. The second kappa shape index (κ2) is 7.39. The van der Waals surface area contributed by atoms with Crippen LogP contribution in [0.2, 0.25) is 0 Å². The summed E-state index contributed by atoms with van der Waals surface area (Å²) in [5, 5.41) is 0. The molecule has 0 fully saturated rings. The molecule has 0 aliphatic rings. The lowest BCUT2D eigenvalue weighted by Gasteiger charge is -2.06. The standard InChI is InChI=1S/C10H17FO5S/c1-8(10(12)15-2)5-4-6-9(11)7-16-17(3,13)14/h6,8H,4-5,7H2,1-3H3/b9-6+. The minimum absolute atomic E-state index is 0.315. The first-order chi connectivity index (χ1) is 7.76. The molecule has 17 heavy (non-hydrogen) atoms. The molecule has 0 N–H and O–H groups in total. The molecular weight excluding hydrogens is 251 g/mol. The van der Waals surface area contributed by atoms with Gasteiger partial charge in [-0.2, -0.15) is 8.42 Å². The van der Waals surface area contributed by atoms with Crippen molar-refractivity contribution < 1.29 is 26.5 Å². The Hall–Kier alpha value is -0.950. The second-order valence-electron chi connectivity index (χ2n) is 3.62. The van der Waals surface area contributed by atoms with Gasteiger partial charge in [0.15, 0.2) is 0 Å². The van der Waals surface area contributed by atoms with Gasteiger partial charge in [-0.3, -0.25) is 8.98 Å². The summed E-state index contributed by atoms with van der Waals surface area (Å²) >= 11 is 0. The van der Waals surface area contributed by atoms with Gasteiger partial charge in [0.1, 0.15) is 12.4 Å². The largest absolute Gasteiger partial charge is 0.469 e. The average Bonchev–Trinajstić information content (AvgIpc) is 2.24. The number of carbonyl (C=O) groups excluding carboxylic acids is 1. The molecule has 0 aromatic carbocycles. The van der Waals surface area contributed by atoms with Crippen LogP contribution in [0.1, 0.15) is 19.8 Å². The van der Waals surface area contributed by atoms with Gasteiger partial charge in [-0.25, -0.2) is 4.39 Å². The van der Waals surface area contributed by atoms with E-state index in [1.807, 2.05) is 0 Å². The van der Waals surface area contributed by atoms with E-state index in [9.17, 15) is 17.6 Å². The highest BCUT2D eigenvalue weighted by Gasteiger charge is 2.12. The van der Waals surface area contributed by atoms with Crippen molar-refractivity contribution in [2.45, 2.75) is 19.8 Å². The van der Waals surface area contributed by atoms with Crippen molar-refractivity contribution in [3.8, 4) is 0 Å². The molecule has 100 valence electrons. The minimum Gasteiger partial charge on any atom is -0.469 e. The zero-order valence-corrected chi connectivity index (χ0v) is 10.9. The Morgan fingerprint density at radius 3 is 2.53 bits per heavy atom. The molecule has 1 atom stereocenters. The molecule has 0 aliphatic heterocycles. The van der Waals surface area contributed by atoms with Crippen molar-refractivity contribution in [2.75, 3.05) is 20.0 Å². The Balaban J connectivity index is 3.96. The number of carbonyl (C=O) groups is 1. The zero-order valence-electron chi connectivity index (χ0n) is 10.1. The van der Waals surface area contributed by atoms with Crippen LogP contribution in [0.15, 0.2) is 11.9 Å². The molecule has 0 amide bonds. The van der Waals surface area contributed by atoms with E-state index in [0.29, 0.717) is 12.8 Å². The topological polar surface area (TPSA) is 69.7 Å². The van der Waals surface area contributed by atoms with E-state index in [2.05, 4.69) is 8.92 Å². The highest BCUT2D eigenvalue weighted by molar-refractivity contribution is 7.85. The average molecular weight is 268 g/mol. The Labute approximate surface area is 101 Å². The highest BCUT2D eigenvalue weighted by Crippen LogP contribution is 2.10. The van der Waals surface area contributed by atoms with E-state index < -0.39 is 22.6 Å².